The van der Waals surface area contributed by atoms with Crippen LogP contribution in [0.25, 0.3) is 0 Å². The van der Waals surface area contributed by atoms with Gasteiger partial charge in [0.1, 0.15) is 5.75 Å². The average molecular weight is 221 g/mol. The fourth-order valence-corrected chi connectivity index (χ4v) is 1.55. The molecular formula is C13H19NO2. The van der Waals surface area contributed by atoms with E-state index in [1.807, 2.05) is 32.0 Å². The van der Waals surface area contributed by atoms with E-state index in [2.05, 4.69) is 5.32 Å². The smallest absolute Gasteiger partial charge is 0.167 e. The first-order valence-electron chi connectivity index (χ1n) is 5.57. The largest absolute Gasteiger partial charge is 0.496 e. The molecule has 1 aromatic carbocycles. The molecule has 1 aromatic rings. The topological polar surface area (TPSA) is 38.3 Å². The fraction of sp³-hybridized carbons (Fsp3) is 0.462. The van der Waals surface area contributed by atoms with Gasteiger partial charge in [0, 0.05) is 13.0 Å². The molecule has 0 heterocycles. The minimum atomic E-state index is 0.126. The number of rotatable bonds is 6. The molecule has 0 saturated carbocycles. The lowest BCUT2D eigenvalue weighted by Gasteiger charge is -2.08. The van der Waals surface area contributed by atoms with Crippen molar-refractivity contribution in [3.63, 3.8) is 0 Å². The Labute approximate surface area is 96.8 Å². The lowest BCUT2D eigenvalue weighted by atomic mass is 10.0. The molecule has 1 rings (SSSR count). The molecule has 0 spiro atoms. The Bertz CT molecular complexity index is 361. The van der Waals surface area contributed by atoms with Gasteiger partial charge in [-0.3, -0.25) is 4.79 Å². The van der Waals surface area contributed by atoms with Crippen molar-refractivity contribution in [2.75, 3.05) is 20.2 Å². The van der Waals surface area contributed by atoms with E-state index in [0.29, 0.717) is 24.3 Å². The summed E-state index contributed by atoms with van der Waals surface area (Å²) in [4.78, 5) is 11.9. The van der Waals surface area contributed by atoms with E-state index in [-0.39, 0.29) is 5.78 Å². The summed E-state index contributed by atoms with van der Waals surface area (Å²) in [6.07, 6.45) is 0.508. The van der Waals surface area contributed by atoms with Crippen LogP contribution in [0, 0.1) is 6.92 Å². The van der Waals surface area contributed by atoms with Crippen molar-refractivity contribution in [1.82, 2.24) is 5.32 Å². The zero-order valence-corrected chi connectivity index (χ0v) is 10.2. The molecule has 3 nitrogen and oxygen atoms in total. The second-order valence-corrected chi connectivity index (χ2v) is 3.73. The molecule has 0 fully saturated rings. The maximum atomic E-state index is 11.9. The number of carbonyl (C=O) groups excluding carboxylic acids is 1. The first kappa shape index (κ1) is 12.7. The van der Waals surface area contributed by atoms with Crippen LogP contribution in [-0.2, 0) is 0 Å². The first-order chi connectivity index (χ1) is 7.69. The van der Waals surface area contributed by atoms with E-state index in [9.17, 15) is 4.79 Å². The third-order valence-electron chi connectivity index (χ3n) is 2.43. The molecule has 88 valence electrons. The van der Waals surface area contributed by atoms with Crippen LogP contribution in [0.5, 0.6) is 5.75 Å². The van der Waals surface area contributed by atoms with Gasteiger partial charge in [-0.15, -0.1) is 0 Å². The minimum absolute atomic E-state index is 0.126. The van der Waals surface area contributed by atoms with Crippen LogP contribution in [-0.4, -0.2) is 26.0 Å². The molecular weight excluding hydrogens is 202 g/mol. The predicted octanol–water partition coefficient (Wildman–Crippen LogP) is 2.19. The van der Waals surface area contributed by atoms with Gasteiger partial charge in [0.05, 0.1) is 12.7 Å². The molecule has 0 saturated heterocycles. The molecule has 0 aliphatic carbocycles. The SMILES string of the molecule is CCNCCC(=O)c1cc(C)ccc1OC. The van der Waals surface area contributed by atoms with Crippen molar-refractivity contribution in [3.05, 3.63) is 29.3 Å². The standard InChI is InChI=1S/C13H19NO2/c1-4-14-8-7-12(15)11-9-10(2)5-6-13(11)16-3/h5-6,9,14H,4,7-8H2,1-3H3. The molecule has 0 radical (unpaired) electrons. The Kier molecular flexibility index (Phi) is 4.99. The third kappa shape index (κ3) is 3.35. The van der Waals surface area contributed by atoms with Crippen LogP contribution in [0.1, 0.15) is 29.3 Å². The van der Waals surface area contributed by atoms with Gasteiger partial charge < -0.3 is 10.1 Å². The van der Waals surface area contributed by atoms with E-state index >= 15 is 0 Å². The number of carbonyl (C=O) groups is 1. The van der Waals surface area contributed by atoms with Gasteiger partial charge in [0.2, 0.25) is 0 Å². The highest BCUT2D eigenvalue weighted by atomic mass is 16.5. The van der Waals surface area contributed by atoms with Crippen LogP contribution >= 0.6 is 0 Å². The number of hydrogen-bond acceptors (Lipinski definition) is 3. The first-order valence-corrected chi connectivity index (χ1v) is 5.57. The van der Waals surface area contributed by atoms with Crippen LogP contribution in [0.15, 0.2) is 18.2 Å². The number of nitrogens with one attached hydrogen (secondary N) is 1. The zero-order chi connectivity index (χ0) is 12.0. The summed E-state index contributed by atoms with van der Waals surface area (Å²) in [5, 5.41) is 3.14. The number of ketones is 1. The quantitative estimate of drug-likeness (QED) is 0.591. The number of benzene rings is 1. The summed E-state index contributed by atoms with van der Waals surface area (Å²) in [5.74, 6) is 0.786. The Morgan fingerprint density at radius 2 is 2.19 bits per heavy atom. The maximum absolute atomic E-state index is 11.9. The van der Waals surface area contributed by atoms with Crippen LogP contribution < -0.4 is 10.1 Å². The molecule has 0 atom stereocenters. The lowest BCUT2D eigenvalue weighted by molar-refractivity contribution is 0.0980. The van der Waals surface area contributed by atoms with E-state index in [4.69, 9.17) is 4.74 Å². The van der Waals surface area contributed by atoms with Crippen LogP contribution in [0.3, 0.4) is 0 Å². The summed E-state index contributed by atoms with van der Waals surface area (Å²) >= 11 is 0. The second-order valence-electron chi connectivity index (χ2n) is 3.73. The van der Waals surface area contributed by atoms with Crippen LogP contribution in [0.4, 0.5) is 0 Å². The predicted molar refractivity (Wildman–Crippen MR) is 65.2 cm³/mol. The molecule has 0 amide bonds. The summed E-state index contributed by atoms with van der Waals surface area (Å²) in [6.45, 7) is 5.60. The van der Waals surface area contributed by atoms with Crippen molar-refractivity contribution in [1.29, 1.82) is 0 Å². The average Bonchev–Trinajstić information content (AvgIpc) is 2.29. The zero-order valence-electron chi connectivity index (χ0n) is 10.2. The molecule has 1 N–H and O–H groups in total. The van der Waals surface area contributed by atoms with Gasteiger partial charge in [-0.25, -0.2) is 0 Å². The summed E-state index contributed by atoms with van der Waals surface area (Å²) < 4.78 is 5.19. The minimum Gasteiger partial charge on any atom is -0.496 e. The summed E-state index contributed by atoms with van der Waals surface area (Å²) in [7, 11) is 1.59. The molecule has 0 aromatic heterocycles. The number of Topliss-reactive ketones (excluding diaryl/α,β-unsaturated/α-hetero) is 1. The fourth-order valence-electron chi connectivity index (χ4n) is 1.55. The Balaban J connectivity index is 2.76. The number of methoxy groups -OCH3 is 1. The highest BCUT2D eigenvalue weighted by Crippen LogP contribution is 2.20. The summed E-state index contributed by atoms with van der Waals surface area (Å²) in [6, 6.07) is 5.67. The Hall–Kier alpha value is -1.35. The van der Waals surface area contributed by atoms with Gasteiger partial charge >= 0.3 is 0 Å². The van der Waals surface area contributed by atoms with Crippen molar-refractivity contribution in [3.8, 4) is 5.75 Å². The van der Waals surface area contributed by atoms with E-state index in [1.54, 1.807) is 7.11 Å². The number of ether oxygens (including phenoxy) is 1. The Morgan fingerprint density at radius 3 is 2.81 bits per heavy atom. The monoisotopic (exact) mass is 221 g/mol. The van der Waals surface area contributed by atoms with Gasteiger partial charge in [0.25, 0.3) is 0 Å². The van der Waals surface area contributed by atoms with Gasteiger partial charge in [-0.1, -0.05) is 18.6 Å². The van der Waals surface area contributed by atoms with Gasteiger partial charge in [-0.05, 0) is 25.6 Å². The highest BCUT2D eigenvalue weighted by Gasteiger charge is 2.11. The van der Waals surface area contributed by atoms with Crippen molar-refractivity contribution >= 4 is 5.78 Å². The normalized spacial score (nSPS) is 10.2. The summed E-state index contributed by atoms with van der Waals surface area (Å²) in [5.41, 5.74) is 1.76. The van der Waals surface area contributed by atoms with Crippen molar-refractivity contribution in [2.45, 2.75) is 20.3 Å². The van der Waals surface area contributed by atoms with Gasteiger partial charge in [-0.2, -0.15) is 0 Å². The van der Waals surface area contributed by atoms with Gasteiger partial charge in [0.15, 0.2) is 5.78 Å². The van der Waals surface area contributed by atoms with E-state index in [0.717, 1.165) is 12.1 Å². The molecule has 3 heteroatoms. The molecule has 0 aliphatic heterocycles. The van der Waals surface area contributed by atoms with Crippen molar-refractivity contribution in [2.24, 2.45) is 0 Å². The molecule has 16 heavy (non-hydrogen) atoms. The lowest BCUT2D eigenvalue weighted by Crippen LogP contribution is -2.17. The second kappa shape index (κ2) is 6.28. The molecule has 0 unspecified atom stereocenters. The third-order valence-corrected chi connectivity index (χ3v) is 2.43. The van der Waals surface area contributed by atoms with Crippen molar-refractivity contribution < 1.29 is 9.53 Å². The number of hydrogen-bond donors (Lipinski definition) is 1. The molecule has 0 bridgehead atoms. The maximum Gasteiger partial charge on any atom is 0.167 e. The highest BCUT2D eigenvalue weighted by molar-refractivity contribution is 5.98. The van der Waals surface area contributed by atoms with E-state index < -0.39 is 0 Å². The molecule has 0 aliphatic rings. The Morgan fingerprint density at radius 1 is 1.44 bits per heavy atom. The van der Waals surface area contributed by atoms with E-state index in [1.165, 1.54) is 0 Å². The van der Waals surface area contributed by atoms with Crippen LogP contribution in [0.2, 0.25) is 0 Å². The number of aryl methyl sites for hydroxylation is 1.